The van der Waals surface area contributed by atoms with Gasteiger partial charge in [0.05, 0.1) is 6.04 Å². The summed E-state index contributed by atoms with van der Waals surface area (Å²) in [7, 11) is 0. The van der Waals surface area contributed by atoms with Gasteiger partial charge < -0.3 is 4.90 Å². The van der Waals surface area contributed by atoms with Crippen LogP contribution < -0.4 is 4.90 Å². The van der Waals surface area contributed by atoms with Gasteiger partial charge in [0.2, 0.25) is 0 Å². The predicted octanol–water partition coefficient (Wildman–Crippen LogP) is 4.79. The van der Waals surface area contributed by atoms with Crippen molar-refractivity contribution in [2.45, 2.75) is 43.8 Å². The molecular weight excluding hydrogens is 360 g/mol. The van der Waals surface area contributed by atoms with Gasteiger partial charge >= 0.3 is 0 Å². The van der Waals surface area contributed by atoms with E-state index in [4.69, 9.17) is 0 Å². The van der Waals surface area contributed by atoms with Gasteiger partial charge in [-0.05, 0) is 42.2 Å². The highest BCUT2D eigenvalue weighted by molar-refractivity contribution is 9.10. The molecule has 3 unspecified atom stereocenters. The first-order valence-corrected chi connectivity index (χ1v) is 9.94. The summed E-state index contributed by atoms with van der Waals surface area (Å²) in [4.78, 5) is 5.47. The number of hydrogen-bond donors (Lipinski definition) is 0. The van der Waals surface area contributed by atoms with Gasteiger partial charge in [-0.15, -0.1) is 0 Å². The van der Waals surface area contributed by atoms with Crippen LogP contribution in [0.1, 0.15) is 36.3 Å². The fourth-order valence-electron chi connectivity index (χ4n) is 5.25. The van der Waals surface area contributed by atoms with Gasteiger partial charge in [-0.1, -0.05) is 52.7 Å². The summed E-state index contributed by atoms with van der Waals surface area (Å²) in [5.74, 6) is 0.717. The van der Waals surface area contributed by atoms with Crippen LogP contribution in [0.15, 0.2) is 53.0 Å². The standard InChI is InChI=1S/C21H23BrN2/c22-16-9-10-19-18(13-16)17-7-4-8-20-21(17)24(19)12-11-23(20)14-15-5-2-1-3-6-15/h1-3,5-6,9-10,13,17,20-21H,4,7-8,11-12,14H2. The lowest BCUT2D eigenvalue weighted by atomic mass is 9.78. The van der Waals surface area contributed by atoms with Crippen LogP contribution in [0.3, 0.4) is 0 Å². The average Bonchev–Trinajstić information content (AvgIpc) is 2.93. The number of halogens is 1. The molecule has 0 radical (unpaired) electrons. The van der Waals surface area contributed by atoms with Gasteiger partial charge in [-0.25, -0.2) is 0 Å². The first-order valence-electron chi connectivity index (χ1n) is 9.15. The van der Waals surface area contributed by atoms with E-state index in [-0.39, 0.29) is 0 Å². The molecule has 124 valence electrons. The smallest absolute Gasteiger partial charge is 0.0515 e. The fourth-order valence-corrected chi connectivity index (χ4v) is 5.63. The molecule has 0 aromatic heterocycles. The minimum atomic E-state index is 0.681. The SMILES string of the molecule is Brc1ccc2c(c1)C1CCCC3C1N2CCN3Cc1ccccc1. The molecule has 2 fully saturated rings. The van der Waals surface area contributed by atoms with Crippen LogP contribution in [0.5, 0.6) is 0 Å². The molecule has 5 rings (SSSR count). The van der Waals surface area contributed by atoms with Gasteiger partial charge in [0.15, 0.2) is 0 Å². The van der Waals surface area contributed by atoms with Crippen molar-refractivity contribution in [3.8, 4) is 0 Å². The molecule has 3 heteroatoms. The third-order valence-electron chi connectivity index (χ3n) is 6.21. The summed E-state index contributed by atoms with van der Waals surface area (Å²) < 4.78 is 1.23. The highest BCUT2D eigenvalue weighted by Gasteiger charge is 2.48. The Morgan fingerprint density at radius 2 is 1.88 bits per heavy atom. The highest BCUT2D eigenvalue weighted by atomic mass is 79.9. The number of nitrogens with zero attached hydrogens (tertiary/aromatic N) is 2. The zero-order valence-electron chi connectivity index (χ0n) is 13.9. The molecular formula is C21H23BrN2. The molecule has 3 aliphatic rings. The normalized spacial score (nSPS) is 28.5. The summed E-state index contributed by atoms with van der Waals surface area (Å²) in [6.45, 7) is 3.44. The van der Waals surface area contributed by atoms with Crippen LogP contribution in [0.25, 0.3) is 0 Å². The fraction of sp³-hybridized carbons (Fsp3) is 0.429. The summed E-state index contributed by atoms with van der Waals surface area (Å²) in [6, 6.07) is 19.3. The Bertz CT molecular complexity index is 745. The molecule has 1 aliphatic carbocycles. The molecule has 0 spiro atoms. The molecule has 2 aliphatic heterocycles. The van der Waals surface area contributed by atoms with Crippen molar-refractivity contribution < 1.29 is 0 Å². The summed E-state index contributed by atoms with van der Waals surface area (Å²) in [6.07, 6.45) is 4.05. The van der Waals surface area contributed by atoms with Gasteiger partial charge in [-0.3, -0.25) is 4.90 Å². The van der Waals surface area contributed by atoms with Crippen LogP contribution in [0, 0.1) is 0 Å². The van der Waals surface area contributed by atoms with Gasteiger partial charge in [-0.2, -0.15) is 0 Å². The minimum absolute atomic E-state index is 0.681. The molecule has 3 atom stereocenters. The topological polar surface area (TPSA) is 6.48 Å². The lowest BCUT2D eigenvalue weighted by molar-refractivity contribution is 0.0958. The van der Waals surface area contributed by atoms with Crippen molar-refractivity contribution in [3.05, 3.63) is 64.1 Å². The maximum Gasteiger partial charge on any atom is 0.0515 e. The number of rotatable bonds is 2. The Labute approximate surface area is 152 Å². The van der Waals surface area contributed by atoms with Crippen LogP contribution in [-0.4, -0.2) is 30.1 Å². The van der Waals surface area contributed by atoms with E-state index in [1.54, 1.807) is 5.56 Å². The second-order valence-corrected chi connectivity index (χ2v) is 8.36. The van der Waals surface area contributed by atoms with Crippen LogP contribution >= 0.6 is 15.9 Å². The lowest BCUT2D eigenvalue weighted by Gasteiger charge is -2.50. The molecule has 2 aromatic rings. The molecule has 0 amide bonds. The third-order valence-corrected chi connectivity index (χ3v) is 6.70. The average molecular weight is 383 g/mol. The Morgan fingerprint density at radius 1 is 1.00 bits per heavy atom. The first kappa shape index (κ1) is 15.0. The number of hydrogen-bond acceptors (Lipinski definition) is 2. The minimum Gasteiger partial charge on any atom is -0.365 e. The number of benzene rings is 2. The zero-order valence-corrected chi connectivity index (χ0v) is 15.5. The lowest BCUT2D eigenvalue weighted by Crippen LogP contribution is -2.60. The van der Waals surface area contributed by atoms with E-state index in [0.29, 0.717) is 12.1 Å². The molecule has 2 heterocycles. The van der Waals surface area contributed by atoms with E-state index in [9.17, 15) is 0 Å². The number of anilines is 1. The second-order valence-electron chi connectivity index (χ2n) is 7.45. The van der Waals surface area contributed by atoms with E-state index < -0.39 is 0 Å². The van der Waals surface area contributed by atoms with Crippen molar-refractivity contribution in [3.63, 3.8) is 0 Å². The van der Waals surface area contributed by atoms with Crippen molar-refractivity contribution in [2.24, 2.45) is 0 Å². The Hall–Kier alpha value is -1.32. The predicted molar refractivity (Wildman–Crippen MR) is 103 cm³/mol. The Morgan fingerprint density at radius 3 is 2.75 bits per heavy atom. The van der Waals surface area contributed by atoms with Crippen LogP contribution in [-0.2, 0) is 6.54 Å². The quantitative estimate of drug-likeness (QED) is 0.736. The van der Waals surface area contributed by atoms with E-state index in [0.717, 1.165) is 12.5 Å². The van der Waals surface area contributed by atoms with E-state index >= 15 is 0 Å². The Balaban J connectivity index is 1.47. The summed E-state index contributed by atoms with van der Waals surface area (Å²) >= 11 is 3.68. The van der Waals surface area contributed by atoms with E-state index in [1.165, 1.54) is 48.1 Å². The second kappa shape index (κ2) is 5.89. The van der Waals surface area contributed by atoms with Crippen molar-refractivity contribution in [1.29, 1.82) is 0 Å². The summed E-state index contributed by atoms with van der Waals surface area (Å²) in [5, 5.41) is 0. The first-order chi connectivity index (χ1) is 11.8. The molecule has 2 nitrogen and oxygen atoms in total. The van der Waals surface area contributed by atoms with Gasteiger partial charge in [0, 0.05) is 41.8 Å². The van der Waals surface area contributed by atoms with Gasteiger partial charge in [0.25, 0.3) is 0 Å². The maximum atomic E-state index is 3.68. The third kappa shape index (κ3) is 2.33. The molecule has 24 heavy (non-hydrogen) atoms. The molecule has 0 bridgehead atoms. The highest BCUT2D eigenvalue weighted by Crippen LogP contribution is 2.50. The van der Waals surface area contributed by atoms with Crippen LogP contribution in [0.4, 0.5) is 5.69 Å². The molecule has 1 saturated carbocycles. The van der Waals surface area contributed by atoms with E-state index in [1.807, 2.05) is 0 Å². The molecule has 0 N–H and O–H groups in total. The molecule has 2 aromatic carbocycles. The molecule has 1 saturated heterocycles. The maximum absolute atomic E-state index is 3.68. The number of fused-ring (bicyclic) bond motifs is 3. The van der Waals surface area contributed by atoms with Crippen LogP contribution in [0.2, 0.25) is 0 Å². The van der Waals surface area contributed by atoms with E-state index in [2.05, 4.69) is 74.3 Å². The Kier molecular flexibility index (Phi) is 3.67. The number of piperazine rings is 1. The monoisotopic (exact) mass is 382 g/mol. The van der Waals surface area contributed by atoms with Crippen molar-refractivity contribution >= 4 is 21.6 Å². The van der Waals surface area contributed by atoms with Crippen molar-refractivity contribution in [1.82, 2.24) is 4.90 Å². The van der Waals surface area contributed by atoms with Gasteiger partial charge in [0.1, 0.15) is 0 Å². The van der Waals surface area contributed by atoms with Crippen molar-refractivity contribution in [2.75, 3.05) is 18.0 Å². The largest absolute Gasteiger partial charge is 0.365 e. The zero-order chi connectivity index (χ0) is 16.1. The summed E-state index contributed by atoms with van der Waals surface area (Å²) in [5.41, 5.74) is 4.53.